The molecule has 8 nitrogen and oxygen atoms in total. The van der Waals surface area contributed by atoms with Crippen LogP contribution in [0.3, 0.4) is 0 Å². The van der Waals surface area contributed by atoms with Crippen molar-refractivity contribution in [1.82, 2.24) is 0 Å². The molecule has 2 aromatic rings. The van der Waals surface area contributed by atoms with Gasteiger partial charge in [-0.05, 0) is 106 Å². The molecule has 0 bridgehead atoms. The Morgan fingerprint density at radius 3 is 2.66 bits per heavy atom. The van der Waals surface area contributed by atoms with Gasteiger partial charge in [-0.3, -0.25) is 4.79 Å². The Morgan fingerprint density at radius 2 is 2.00 bits per heavy atom. The lowest BCUT2D eigenvalue weighted by atomic mass is 9.68. The zero-order valence-electron chi connectivity index (χ0n) is 26.1. The maximum absolute atomic E-state index is 13.1. The highest BCUT2D eigenvalue weighted by atomic mass is 35.5. The number of aliphatic hydroxyl groups is 2. The number of carbonyl (C=O) groups is 2. The van der Waals surface area contributed by atoms with E-state index in [0.717, 1.165) is 32.1 Å². The number of nitrogens with zero attached hydrogens (tertiary/aromatic N) is 1. The van der Waals surface area contributed by atoms with Crippen LogP contribution in [-0.2, 0) is 36.5 Å². The molecule has 1 aliphatic heterocycles. The van der Waals surface area contributed by atoms with Crippen LogP contribution in [0.5, 0.6) is 5.75 Å². The van der Waals surface area contributed by atoms with Crippen molar-refractivity contribution < 1.29 is 34.0 Å². The van der Waals surface area contributed by atoms with Gasteiger partial charge in [0.2, 0.25) is 0 Å². The number of aliphatic hydroxyl groups excluding tert-OH is 1. The number of fused-ring (bicyclic) bond motifs is 3. The lowest BCUT2D eigenvalue weighted by molar-refractivity contribution is -0.175. The van der Waals surface area contributed by atoms with Crippen molar-refractivity contribution in [3.8, 4) is 5.75 Å². The minimum Gasteiger partial charge on any atom is -0.490 e. The fourth-order valence-electron chi connectivity index (χ4n) is 7.15. The van der Waals surface area contributed by atoms with Gasteiger partial charge < -0.3 is 29.3 Å². The van der Waals surface area contributed by atoms with Crippen molar-refractivity contribution in [2.24, 2.45) is 11.8 Å². The number of ether oxygens (including phenoxy) is 3. The van der Waals surface area contributed by atoms with Crippen LogP contribution in [0.4, 0.5) is 5.69 Å². The van der Waals surface area contributed by atoms with E-state index in [1.165, 1.54) is 18.2 Å². The summed E-state index contributed by atoms with van der Waals surface area (Å²) in [5.41, 5.74) is -0.0113. The molecule has 4 unspecified atom stereocenters. The lowest BCUT2D eigenvalue weighted by Gasteiger charge is -2.45. The van der Waals surface area contributed by atoms with Gasteiger partial charge in [0.05, 0.1) is 31.9 Å². The van der Waals surface area contributed by atoms with Crippen molar-refractivity contribution >= 4 is 29.2 Å². The van der Waals surface area contributed by atoms with Crippen LogP contribution in [0.2, 0.25) is 5.02 Å². The standard InChI is InChI=1S/C35H44ClNO7/c1-6-29(38)26-12-9-23(26)19-37-20-34(15-7-8-22-16-25(36)11-13-27(22)34)21-43-30-14-10-24(17-28(30)37)35(41,32(40)42-5)18-31(39)44-33(2,3)4/h6,10-11,13-14,16-17,23,26,29,38,41H,1,7-9,12,15,18-21H2,2-5H3/t23?,26?,29-,34?,35?/m0/s1. The summed E-state index contributed by atoms with van der Waals surface area (Å²) in [6.07, 6.45) is 5.15. The summed E-state index contributed by atoms with van der Waals surface area (Å²) in [7, 11) is 1.18. The molecule has 1 spiro atoms. The third-order valence-corrected chi connectivity index (χ3v) is 9.70. The number of methoxy groups -OCH3 is 1. The molecule has 5 atom stereocenters. The Kier molecular flexibility index (Phi) is 9.09. The van der Waals surface area contributed by atoms with Crippen LogP contribution in [0.1, 0.15) is 69.6 Å². The predicted octanol–water partition coefficient (Wildman–Crippen LogP) is 5.48. The molecule has 44 heavy (non-hydrogen) atoms. The molecule has 238 valence electrons. The van der Waals surface area contributed by atoms with Gasteiger partial charge >= 0.3 is 11.9 Å². The van der Waals surface area contributed by atoms with E-state index < -0.39 is 35.7 Å². The van der Waals surface area contributed by atoms with E-state index in [9.17, 15) is 19.8 Å². The summed E-state index contributed by atoms with van der Waals surface area (Å²) in [5, 5.41) is 23.1. The molecular weight excluding hydrogens is 582 g/mol. The SMILES string of the molecule is C=C[C@H](O)C1CCC1CN1CC2(CCCc3cc(Cl)ccc32)COc2ccc(C(O)(CC(=O)OC(C)(C)C)C(=O)OC)cc21. The van der Waals surface area contributed by atoms with E-state index in [-0.39, 0.29) is 22.8 Å². The number of rotatable bonds is 8. The van der Waals surface area contributed by atoms with E-state index in [4.69, 9.17) is 25.8 Å². The van der Waals surface area contributed by atoms with Gasteiger partial charge in [0, 0.05) is 23.5 Å². The number of anilines is 1. The summed E-state index contributed by atoms with van der Waals surface area (Å²) in [6.45, 7) is 10.7. The fraction of sp³-hybridized carbons (Fsp3) is 0.543. The molecule has 0 radical (unpaired) electrons. The molecular formula is C35H44ClNO7. The molecule has 3 aliphatic rings. The smallest absolute Gasteiger partial charge is 0.343 e. The minimum absolute atomic E-state index is 0.0934. The highest BCUT2D eigenvalue weighted by Gasteiger charge is 2.46. The maximum Gasteiger partial charge on any atom is 0.343 e. The van der Waals surface area contributed by atoms with Gasteiger partial charge in [-0.25, -0.2) is 4.79 Å². The largest absolute Gasteiger partial charge is 0.490 e. The first kappa shape index (κ1) is 32.3. The highest BCUT2D eigenvalue weighted by molar-refractivity contribution is 6.30. The van der Waals surface area contributed by atoms with E-state index in [0.29, 0.717) is 36.2 Å². The molecule has 1 heterocycles. The minimum atomic E-state index is -2.27. The predicted molar refractivity (Wildman–Crippen MR) is 169 cm³/mol. The van der Waals surface area contributed by atoms with Crippen LogP contribution in [0.15, 0.2) is 49.1 Å². The maximum atomic E-state index is 13.1. The number of benzene rings is 2. The van der Waals surface area contributed by atoms with E-state index >= 15 is 0 Å². The summed E-state index contributed by atoms with van der Waals surface area (Å²) in [5.74, 6) is -0.746. The molecule has 5 rings (SSSR count). The molecule has 2 N–H and O–H groups in total. The first-order chi connectivity index (χ1) is 20.8. The zero-order chi connectivity index (χ0) is 31.9. The van der Waals surface area contributed by atoms with Gasteiger partial charge in [0.1, 0.15) is 11.4 Å². The number of hydrogen-bond donors (Lipinski definition) is 2. The molecule has 2 aliphatic carbocycles. The van der Waals surface area contributed by atoms with Gasteiger partial charge in [-0.15, -0.1) is 6.58 Å². The number of hydrogen-bond acceptors (Lipinski definition) is 8. The number of halogens is 1. The van der Waals surface area contributed by atoms with Crippen molar-refractivity contribution in [1.29, 1.82) is 0 Å². The summed E-state index contributed by atoms with van der Waals surface area (Å²) in [4.78, 5) is 28.2. The van der Waals surface area contributed by atoms with E-state index in [1.807, 2.05) is 12.1 Å². The molecule has 2 aromatic carbocycles. The second-order valence-electron chi connectivity index (χ2n) is 13.6. The van der Waals surface area contributed by atoms with Crippen molar-refractivity contribution in [3.05, 3.63) is 70.8 Å². The van der Waals surface area contributed by atoms with Crippen LogP contribution >= 0.6 is 11.6 Å². The Balaban J connectivity index is 1.57. The average Bonchev–Trinajstić information content (AvgIpc) is 3.10. The number of carbonyl (C=O) groups excluding carboxylic acids is 2. The molecule has 0 saturated heterocycles. The van der Waals surface area contributed by atoms with Crippen LogP contribution in [0.25, 0.3) is 0 Å². The second kappa shape index (κ2) is 12.4. The molecule has 9 heteroatoms. The highest BCUT2D eigenvalue weighted by Crippen LogP contribution is 2.47. The Hall–Kier alpha value is -3.07. The number of aryl methyl sites for hydroxylation is 1. The van der Waals surface area contributed by atoms with Gasteiger partial charge in [0.15, 0.2) is 5.60 Å². The van der Waals surface area contributed by atoms with Crippen LogP contribution in [-0.4, -0.2) is 60.7 Å². The monoisotopic (exact) mass is 625 g/mol. The van der Waals surface area contributed by atoms with Gasteiger partial charge in [-0.2, -0.15) is 0 Å². The third-order valence-electron chi connectivity index (χ3n) is 9.47. The van der Waals surface area contributed by atoms with Crippen LogP contribution in [0, 0.1) is 11.8 Å². The van der Waals surface area contributed by atoms with E-state index in [1.54, 1.807) is 45.0 Å². The Bertz CT molecular complexity index is 1420. The molecule has 0 aromatic heterocycles. The van der Waals surface area contributed by atoms with Crippen molar-refractivity contribution in [2.75, 3.05) is 31.7 Å². The van der Waals surface area contributed by atoms with Crippen molar-refractivity contribution in [3.63, 3.8) is 0 Å². The molecule has 0 amide bonds. The van der Waals surface area contributed by atoms with Crippen molar-refractivity contribution in [2.45, 2.75) is 82.0 Å². The quantitative estimate of drug-likeness (QED) is 0.294. The number of esters is 2. The zero-order valence-corrected chi connectivity index (χ0v) is 26.9. The fourth-order valence-corrected chi connectivity index (χ4v) is 7.34. The Morgan fingerprint density at radius 1 is 1.23 bits per heavy atom. The topological polar surface area (TPSA) is 106 Å². The van der Waals surface area contributed by atoms with Gasteiger partial charge in [0.25, 0.3) is 0 Å². The summed E-state index contributed by atoms with van der Waals surface area (Å²) in [6, 6.07) is 11.2. The average molecular weight is 626 g/mol. The second-order valence-corrected chi connectivity index (χ2v) is 14.1. The lowest BCUT2D eigenvalue weighted by Crippen LogP contribution is -2.49. The summed E-state index contributed by atoms with van der Waals surface area (Å²) >= 11 is 6.39. The third kappa shape index (κ3) is 6.35. The molecule has 1 fully saturated rings. The molecule has 1 saturated carbocycles. The van der Waals surface area contributed by atoms with E-state index in [2.05, 4.69) is 17.5 Å². The first-order valence-corrected chi connectivity index (χ1v) is 15.8. The first-order valence-electron chi connectivity index (χ1n) is 15.4. The normalized spacial score (nSPS) is 24.8. The Labute approximate surface area is 264 Å². The van der Waals surface area contributed by atoms with Gasteiger partial charge in [-0.1, -0.05) is 29.8 Å². The summed E-state index contributed by atoms with van der Waals surface area (Å²) < 4.78 is 17.0. The van der Waals surface area contributed by atoms with Crippen LogP contribution < -0.4 is 9.64 Å².